The van der Waals surface area contributed by atoms with Crippen LogP contribution in [-0.4, -0.2) is 112 Å². The summed E-state index contributed by atoms with van der Waals surface area (Å²) in [5.74, 6) is 0.891. The number of hydrogen-bond acceptors (Lipinski definition) is 14. The highest BCUT2D eigenvalue weighted by Gasteiger charge is 2.36. The van der Waals surface area contributed by atoms with Gasteiger partial charge in [-0.05, 0) is 127 Å². The number of aromatic nitrogens is 4. The van der Waals surface area contributed by atoms with Crippen molar-refractivity contribution in [2.45, 2.75) is 89.1 Å². The molecule has 2 amide bonds. The van der Waals surface area contributed by atoms with E-state index in [2.05, 4.69) is 82.8 Å². The third kappa shape index (κ3) is 9.37. The number of nitrogens with one attached hydrogen (secondary N) is 3. The second-order valence-corrected chi connectivity index (χ2v) is 23.6. The molecule has 0 radical (unpaired) electrons. The Hall–Kier alpha value is -5.61. The number of amides is 2. The van der Waals surface area contributed by atoms with Crippen LogP contribution in [0.25, 0.3) is 22.0 Å². The molecule has 0 spiro atoms. The van der Waals surface area contributed by atoms with Crippen LogP contribution < -0.4 is 36.6 Å². The summed E-state index contributed by atoms with van der Waals surface area (Å²) in [4.78, 5) is 59.2. The third-order valence-corrected chi connectivity index (χ3v) is 19.2. The topological polar surface area (TPSA) is 180 Å². The highest BCUT2D eigenvalue weighted by molar-refractivity contribution is 9.10. The fraction of sp³-hybridized carbons (Fsp3) is 0.462. The zero-order chi connectivity index (χ0) is 48.1. The van der Waals surface area contributed by atoms with Crippen molar-refractivity contribution in [1.29, 1.82) is 0 Å². The van der Waals surface area contributed by atoms with Crippen molar-refractivity contribution >= 4 is 91.0 Å². The van der Waals surface area contributed by atoms with Gasteiger partial charge >= 0.3 is 5.76 Å². The second kappa shape index (κ2) is 19.5. The van der Waals surface area contributed by atoms with E-state index in [1.165, 1.54) is 28.7 Å². The van der Waals surface area contributed by atoms with Crippen LogP contribution in [0.3, 0.4) is 0 Å². The van der Waals surface area contributed by atoms with E-state index in [1.807, 2.05) is 30.3 Å². The molecule has 3 aromatic heterocycles. The molecule has 11 rings (SSSR count). The molecular formula is C52H60BrN10O6P. The van der Waals surface area contributed by atoms with Gasteiger partial charge in [-0.2, -0.15) is 4.98 Å². The minimum absolute atomic E-state index is 0.193. The Morgan fingerprint density at radius 2 is 1.69 bits per heavy atom. The van der Waals surface area contributed by atoms with Crippen LogP contribution in [0, 0.1) is 0 Å². The summed E-state index contributed by atoms with van der Waals surface area (Å²) in [5.41, 5.74) is 8.21. The zero-order valence-electron chi connectivity index (χ0n) is 39.8. The molecule has 3 aromatic carbocycles. The molecule has 5 fully saturated rings. The maximum Gasteiger partial charge on any atom is 0.420 e. The van der Waals surface area contributed by atoms with Crippen molar-refractivity contribution < 1.29 is 23.3 Å². The van der Waals surface area contributed by atoms with Gasteiger partial charge in [0.25, 0.3) is 0 Å². The minimum atomic E-state index is -2.64. The zero-order valence-corrected chi connectivity index (χ0v) is 42.3. The van der Waals surface area contributed by atoms with Crippen LogP contribution in [0.1, 0.15) is 87.1 Å². The van der Waals surface area contributed by atoms with Crippen molar-refractivity contribution in [3.8, 4) is 5.75 Å². The molecule has 1 saturated carbocycles. The summed E-state index contributed by atoms with van der Waals surface area (Å²) in [6, 6.07) is 18.2. The largest absolute Gasteiger partial charge is 0.494 e. The van der Waals surface area contributed by atoms with E-state index in [0.717, 1.165) is 129 Å². The van der Waals surface area contributed by atoms with Gasteiger partial charge in [0.15, 0.2) is 5.58 Å². The molecule has 0 bridgehead atoms. The van der Waals surface area contributed by atoms with Crippen molar-refractivity contribution in [3.63, 3.8) is 0 Å². The first-order valence-corrected chi connectivity index (χ1v) is 27.9. The highest BCUT2D eigenvalue weighted by atomic mass is 79.9. The van der Waals surface area contributed by atoms with E-state index >= 15 is 0 Å². The van der Waals surface area contributed by atoms with E-state index in [1.54, 1.807) is 13.3 Å². The average molecular weight is 1030 g/mol. The third-order valence-electron chi connectivity index (χ3n) is 15.2. The number of aryl methyl sites for hydroxylation is 1. The lowest BCUT2D eigenvalue weighted by atomic mass is 9.99. The normalized spacial score (nSPS) is 20.3. The Labute approximate surface area is 415 Å². The Bertz CT molecular complexity index is 3090. The highest BCUT2D eigenvalue weighted by Crippen LogP contribution is 2.54. The lowest BCUT2D eigenvalue weighted by Gasteiger charge is -2.43. The number of rotatable bonds is 14. The second-order valence-electron chi connectivity index (χ2n) is 19.6. The van der Waals surface area contributed by atoms with Crippen LogP contribution in [0.15, 0.2) is 74.5 Å². The molecule has 1 unspecified atom stereocenters. The predicted octanol–water partition coefficient (Wildman–Crippen LogP) is 8.22. The molecular weight excluding hydrogens is 972 g/mol. The van der Waals surface area contributed by atoms with E-state index in [-0.39, 0.29) is 18.7 Å². The van der Waals surface area contributed by atoms with Gasteiger partial charge in [0.1, 0.15) is 24.8 Å². The molecule has 1 aliphatic carbocycles. The smallest absolute Gasteiger partial charge is 0.420 e. The minimum Gasteiger partial charge on any atom is -0.494 e. The first-order valence-electron chi connectivity index (χ1n) is 25.0. The number of pyridine rings is 1. The number of halogens is 1. The number of nitrogens with zero attached hydrogens (tertiary/aromatic N) is 7. The number of anilines is 5. The number of fused-ring (bicyclic) bond motifs is 2. The number of piperidine rings is 2. The average Bonchev–Trinajstić information content (AvgIpc) is 4.05. The lowest BCUT2D eigenvalue weighted by molar-refractivity contribution is -0.135. The molecule has 18 heteroatoms. The van der Waals surface area contributed by atoms with Gasteiger partial charge in [0, 0.05) is 105 Å². The SMILES string of the molecule is CCc1ccc2c(P3(=O)CCCC3)c(Nc3nc(Nc4cc(C5CC5)c(N5CCC(N6CCN(CCc7ccc8c(c7)oc(=O)n8C7CCC(=O)NC7=O)CC6)CC5)cc4OC)ncc3Br)ccc2n1. The summed E-state index contributed by atoms with van der Waals surface area (Å²) in [6.07, 6.45) is 11.7. The van der Waals surface area contributed by atoms with Gasteiger partial charge in [-0.25, -0.2) is 9.78 Å². The van der Waals surface area contributed by atoms with Gasteiger partial charge in [-0.3, -0.25) is 29.4 Å². The van der Waals surface area contributed by atoms with Crippen molar-refractivity contribution in [1.82, 2.24) is 34.6 Å². The maximum atomic E-state index is 14.6. The van der Waals surface area contributed by atoms with Crippen LogP contribution in [0.2, 0.25) is 0 Å². The molecule has 1 atom stereocenters. The number of carbonyl (C=O) groups excluding carboxylic acids is 2. The number of hydrogen-bond donors (Lipinski definition) is 3. The van der Waals surface area contributed by atoms with Crippen LogP contribution >= 0.6 is 23.1 Å². The molecule has 16 nitrogen and oxygen atoms in total. The molecule has 6 aromatic rings. The fourth-order valence-corrected chi connectivity index (χ4v) is 14.8. The van der Waals surface area contributed by atoms with E-state index in [0.29, 0.717) is 51.6 Å². The summed E-state index contributed by atoms with van der Waals surface area (Å²) < 4.78 is 28.3. The van der Waals surface area contributed by atoms with Gasteiger partial charge in [-0.15, -0.1) is 0 Å². The number of benzene rings is 3. The predicted molar refractivity (Wildman–Crippen MR) is 277 cm³/mol. The molecule has 4 aliphatic heterocycles. The maximum absolute atomic E-state index is 14.6. The lowest BCUT2D eigenvalue weighted by Crippen LogP contribution is -2.53. The molecule has 3 N–H and O–H groups in total. The number of ether oxygens (including phenoxy) is 1. The fourth-order valence-electron chi connectivity index (χ4n) is 11.2. The van der Waals surface area contributed by atoms with Gasteiger partial charge in [0.05, 0.1) is 34.0 Å². The van der Waals surface area contributed by atoms with Gasteiger partial charge < -0.3 is 34.2 Å². The van der Waals surface area contributed by atoms with Gasteiger partial charge in [0.2, 0.25) is 17.8 Å². The summed E-state index contributed by atoms with van der Waals surface area (Å²) in [7, 11) is -0.927. The van der Waals surface area contributed by atoms with Crippen molar-refractivity contribution in [3.05, 3.63) is 92.6 Å². The molecule has 70 heavy (non-hydrogen) atoms. The first-order chi connectivity index (χ1) is 34.0. The van der Waals surface area contributed by atoms with E-state index < -0.39 is 24.8 Å². The summed E-state index contributed by atoms with van der Waals surface area (Å²) in [5, 5.41) is 11.2. The number of methoxy groups -OCH3 is 1. The number of imide groups is 1. The Kier molecular flexibility index (Phi) is 13.0. The Morgan fingerprint density at radius 1 is 0.886 bits per heavy atom. The Morgan fingerprint density at radius 3 is 2.43 bits per heavy atom. The monoisotopic (exact) mass is 1030 g/mol. The Balaban J connectivity index is 0.722. The molecule has 5 aliphatic rings. The summed E-state index contributed by atoms with van der Waals surface area (Å²) >= 11 is 3.69. The first kappa shape index (κ1) is 46.8. The number of oxazole rings is 1. The number of piperazine rings is 1. The standard InChI is InChI=1S/C52H60BrN10O6P/c1-3-34-9-10-36-39(55-34)11-12-40(48(36)70(67)26-4-5-27-70)56-49-38(53)31-54-51(59-49)57-41-29-37(33-7-8-33)44(30-45(41)68-2)62-20-17-35(18-21-62)61-24-22-60(23-25-61)19-16-32-6-13-42-46(28-32)69-52(66)63(42)43-14-15-47(64)58-50(43)65/h6,9-13,28-31,33,35,43H,3-5,7-8,14-27H2,1-2H3,(H,58,64,65)(H2,54,56,57,59). The van der Waals surface area contributed by atoms with Crippen LogP contribution in [0.4, 0.5) is 28.8 Å². The van der Waals surface area contributed by atoms with E-state index in [4.69, 9.17) is 19.1 Å². The quantitative estimate of drug-likeness (QED) is 0.0702. The van der Waals surface area contributed by atoms with Crippen LogP contribution in [-0.2, 0) is 27.0 Å². The van der Waals surface area contributed by atoms with Crippen LogP contribution in [0.5, 0.6) is 5.75 Å². The molecule has 4 saturated heterocycles. The molecule has 366 valence electrons. The van der Waals surface area contributed by atoms with Gasteiger partial charge in [-0.1, -0.05) is 19.1 Å². The van der Waals surface area contributed by atoms with Crippen molar-refractivity contribution in [2.24, 2.45) is 0 Å². The van der Waals surface area contributed by atoms with E-state index in [9.17, 15) is 18.9 Å². The molecule has 7 heterocycles. The number of carbonyl (C=O) groups is 2. The summed E-state index contributed by atoms with van der Waals surface area (Å²) in [6.45, 7) is 9.05. The van der Waals surface area contributed by atoms with Crippen molar-refractivity contribution in [2.75, 3.05) is 80.8 Å².